The van der Waals surface area contributed by atoms with Gasteiger partial charge in [0.15, 0.2) is 23.6 Å². The molecule has 1 saturated heterocycles. The first-order chi connectivity index (χ1) is 19.7. The van der Waals surface area contributed by atoms with E-state index in [1.807, 2.05) is 0 Å². The van der Waals surface area contributed by atoms with Crippen molar-refractivity contribution in [1.29, 1.82) is 0 Å². The number of hydrogen-bond donors (Lipinski definition) is 4. The number of ketones is 1. The van der Waals surface area contributed by atoms with Crippen molar-refractivity contribution in [3.05, 3.63) is 53.1 Å². The molecule has 0 saturated carbocycles. The lowest BCUT2D eigenvalue weighted by Crippen LogP contribution is -2.59. The third-order valence-electron chi connectivity index (χ3n) is 8.06. The van der Waals surface area contributed by atoms with Crippen LogP contribution in [0, 0.1) is 0 Å². The minimum atomic E-state index is -1.55. The van der Waals surface area contributed by atoms with Gasteiger partial charge in [0.25, 0.3) is 0 Å². The molecule has 2 aromatic rings. The zero-order chi connectivity index (χ0) is 29.0. The maximum absolute atomic E-state index is 13.8. The average molecular weight is 573 g/mol. The summed E-state index contributed by atoms with van der Waals surface area (Å²) in [4.78, 5) is 13.8. The van der Waals surface area contributed by atoms with Gasteiger partial charge in [0.05, 0.1) is 38.9 Å². The van der Waals surface area contributed by atoms with Gasteiger partial charge < -0.3 is 53.6 Å². The number of Topliss-reactive ketones (excluding diaryl/α,β-unsaturated/α-hetero) is 1. The van der Waals surface area contributed by atoms with Gasteiger partial charge in [0, 0.05) is 23.6 Å². The summed E-state index contributed by atoms with van der Waals surface area (Å²) in [6.45, 7) is 3.57. The molecule has 0 unspecified atom stereocenters. The number of fused-ring (bicyclic) bond motifs is 6. The molecule has 220 valence electrons. The van der Waals surface area contributed by atoms with Gasteiger partial charge in [0.1, 0.15) is 60.5 Å². The van der Waals surface area contributed by atoms with Crippen molar-refractivity contribution in [3.8, 4) is 28.7 Å². The highest BCUT2D eigenvalue weighted by molar-refractivity contribution is 6.06. The van der Waals surface area contributed by atoms with E-state index in [0.29, 0.717) is 51.9 Å². The first-order valence-electron chi connectivity index (χ1n) is 13.3. The Balaban J connectivity index is 1.18. The summed E-state index contributed by atoms with van der Waals surface area (Å²) in [5.74, 6) is 1.87. The number of carbonyl (C=O) groups excluding carboxylic acids is 1. The monoisotopic (exact) mass is 572 g/mol. The number of aliphatic hydroxyl groups is 4. The molecule has 4 aliphatic heterocycles. The number of carbonyl (C=O) groups is 1. The van der Waals surface area contributed by atoms with E-state index in [0.717, 1.165) is 5.56 Å². The predicted molar refractivity (Wildman–Crippen MR) is 140 cm³/mol. The van der Waals surface area contributed by atoms with Crippen molar-refractivity contribution < 1.29 is 58.4 Å². The molecule has 12 heteroatoms. The molecular formula is C29H32O12. The molecule has 0 bridgehead atoms. The first kappa shape index (κ1) is 27.8. The van der Waals surface area contributed by atoms with E-state index in [2.05, 4.69) is 6.58 Å². The molecule has 2 aromatic carbocycles. The molecule has 4 heterocycles. The Bertz CT molecular complexity index is 1360. The Morgan fingerprint density at radius 3 is 2.51 bits per heavy atom. The van der Waals surface area contributed by atoms with Crippen LogP contribution in [-0.2, 0) is 15.9 Å². The molecule has 6 rings (SSSR count). The third-order valence-corrected chi connectivity index (χ3v) is 8.06. The van der Waals surface area contributed by atoms with Crippen LogP contribution in [0.1, 0.15) is 27.4 Å². The molecule has 4 N–H and O–H groups in total. The van der Waals surface area contributed by atoms with Gasteiger partial charge in [-0.3, -0.25) is 4.79 Å². The van der Waals surface area contributed by atoms with Crippen molar-refractivity contribution >= 4 is 5.78 Å². The Morgan fingerprint density at radius 1 is 1.02 bits per heavy atom. The van der Waals surface area contributed by atoms with Crippen molar-refractivity contribution in [2.45, 2.75) is 55.3 Å². The van der Waals surface area contributed by atoms with E-state index in [4.69, 9.17) is 33.2 Å². The van der Waals surface area contributed by atoms with Crippen LogP contribution >= 0.6 is 0 Å². The van der Waals surface area contributed by atoms with Crippen LogP contribution < -0.4 is 23.7 Å². The van der Waals surface area contributed by atoms with Crippen LogP contribution in [0.25, 0.3) is 0 Å². The summed E-state index contributed by atoms with van der Waals surface area (Å²) < 4.78 is 40.3. The van der Waals surface area contributed by atoms with E-state index >= 15 is 0 Å². The second-order valence-corrected chi connectivity index (χ2v) is 10.5. The third kappa shape index (κ3) is 4.60. The smallest absolute Gasteiger partial charge is 0.187 e. The number of benzene rings is 2. The highest BCUT2D eigenvalue weighted by Gasteiger charge is 2.47. The van der Waals surface area contributed by atoms with Gasteiger partial charge in [-0.05, 0) is 23.8 Å². The minimum Gasteiger partial charge on any atom is -0.493 e. The van der Waals surface area contributed by atoms with Crippen molar-refractivity contribution in [2.24, 2.45) is 0 Å². The van der Waals surface area contributed by atoms with Crippen LogP contribution in [0.3, 0.4) is 0 Å². The van der Waals surface area contributed by atoms with Gasteiger partial charge in [0.2, 0.25) is 0 Å². The number of methoxy groups -OCH3 is 2. The van der Waals surface area contributed by atoms with Crippen molar-refractivity contribution in [3.63, 3.8) is 0 Å². The molecule has 4 aliphatic rings. The second kappa shape index (κ2) is 10.8. The van der Waals surface area contributed by atoms with Crippen LogP contribution in [-0.4, -0.2) is 103 Å². The Labute approximate surface area is 235 Å². The summed E-state index contributed by atoms with van der Waals surface area (Å²) in [7, 11) is 3.06. The number of rotatable bonds is 7. The summed E-state index contributed by atoms with van der Waals surface area (Å²) >= 11 is 0. The SMILES string of the molecule is C=C(CO[C@H]1O[C@@H](CO)[C@@H](O)[C@@H](O)[C@H]1O)[C@H]1Cc2c(ccc3c2O[C@@H]2COc4cc(OC)c(OC)cc4[C@H]2C3=O)O1. The zero-order valence-electron chi connectivity index (χ0n) is 22.5. The summed E-state index contributed by atoms with van der Waals surface area (Å²) in [5, 5.41) is 39.6. The van der Waals surface area contributed by atoms with E-state index < -0.39 is 55.4 Å². The molecular weight excluding hydrogens is 540 g/mol. The summed E-state index contributed by atoms with van der Waals surface area (Å²) in [5.41, 5.74) is 2.36. The van der Waals surface area contributed by atoms with Gasteiger partial charge in [-0.2, -0.15) is 0 Å². The second-order valence-electron chi connectivity index (χ2n) is 10.5. The largest absolute Gasteiger partial charge is 0.493 e. The fraction of sp³-hybridized carbons (Fsp3) is 0.483. The molecule has 0 radical (unpaired) electrons. The molecule has 41 heavy (non-hydrogen) atoms. The maximum Gasteiger partial charge on any atom is 0.187 e. The molecule has 1 fully saturated rings. The van der Waals surface area contributed by atoms with Gasteiger partial charge in [-0.1, -0.05) is 6.58 Å². The molecule has 0 aromatic heterocycles. The molecule has 0 spiro atoms. The standard InChI is InChI=1S/C29H32O12/c1-12(10-38-29-27(34)26(33)25(32)21(9-30)41-29)17-7-15-16(39-17)5-4-13-24(31)23-14-6-19(35-2)20(36-3)8-18(14)37-11-22(23)40-28(13)15/h4-6,8,17,21-23,25-27,29-30,32-34H,1,7,9-11H2,2-3H3/t17-,21+,22-,23-,25-,26-,27-,29+/m1/s1. The number of hydrogen-bond acceptors (Lipinski definition) is 12. The quantitative estimate of drug-likeness (QED) is 0.341. The van der Waals surface area contributed by atoms with Gasteiger partial charge in [-0.15, -0.1) is 0 Å². The molecule has 0 aliphatic carbocycles. The first-order valence-corrected chi connectivity index (χ1v) is 13.3. The van der Waals surface area contributed by atoms with E-state index in [1.165, 1.54) is 14.2 Å². The lowest BCUT2D eigenvalue weighted by atomic mass is 9.81. The minimum absolute atomic E-state index is 0.0933. The van der Waals surface area contributed by atoms with Crippen LogP contribution in [0.2, 0.25) is 0 Å². The van der Waals surface area contributed by atoms with Gasteiger partial charge >= 0.3 is 0 Å². The molecule has 0 amide bonds. The number of ether oxygens (including phenoxy) is 7. The van der Waals surface area contributed by atoms with E-state index in [-0.39, 0.29) is 19.0 Å². The fourth-order valence-corrected chi connectivity index (χ4v) is 5.78. The Hall–Kier alpha value is -3.39. The fourth-order valence-electron chi connectivity index (χ4n) is 5.78. The molecule has 12 nitrogen and oxygen atoms in total. The molecule has 8 atom stereocenters. The lowest BCUT2D eigenvalue weighted by Gasteiger charge is -2.39. The maximum atomic E-state index is 13.8. The number of aliphatic hydroxyl groups excluding tert-OH is 4. The van der Waals surface area contributed by atoms with E-state index in [1.54, 1.807) is 24.3 Å². The van der Waals surface area contributed by atoms with Crippen molar-refractivity contribution in [1.82, 2.24) is 0 Å². The summed E-state index contributed by atoms with van der Waals surface area (Å²) in [6.07, 6.45) is -7.62. The highest BCUT2D eigenvalue weighted by Crippen LogP contribution is 2.50. The highest BCUT2D eigenvalue weighted by atomic mass is 16.7. The Kier molecular flexibility index (Phi) is 7.30. The van der Waals surface area contributed by atoms with E-state index in [9.17, 15) is 25.2 Å². The van der Waals surface area contributed by atoms with Gasteiger partial charge in [-0.25, -0.2) is 0 Å². The topological polar surface area (TPSA) is 163 Å². The average Bonchev–Trinajstić information content (AvgIpc) is 3.44. The normalized spacial score (nSPS) is 31.4. The van der Waals surface area contributed by atoms with Crippen molar-refractivity contribution in [2.75, 3.05) is 34.0 Å². The Morgan fingerprint density at radius 2 is 1.78 bits per heavy atom. The van der Waals surface area contributed by atoms with Crippen LogP contribution in [0.15, 0.2) is 36.4 Å². The summed E-state index contributed by atoms with van der Waals surface area (Å²) in [6, 6.07) is 6.89. The predicted octanol–water partition coefficient (Wildman–Crippen LogP) is 0.500. The van der Waals surface area contributed by atoms with Crippen LogP contribution in [0.5, 0.6) is 28.7 Å². The zero-order valence-corrected chi connectivity index (χ0v) is 22.5. The lowest BCUT2D eigenvalue weighted by molar-refractivity contribution is -0.299. The van der Waals surface area contributed by atoms with Crippen LogP contribution in [0.4, 0.5) is 0 Å².